The molecule has 0 saturated heterocycles. The van der Waals surface area contributed by atoms with E-state index in [0.29, 0.717) is 11.4 Å². The minimum Gasteiger partial charge on any atom is -0.339 e. The maximum atomic E-state index is 13.8. The molecule has 3 aromatic rings. The molecule has 8 nitrogen and oxygen atoms in total. The van der Waals surface area contributed by atoms with Gasteiger partial charge in [-0.1, -0.05) is 18.2 Å². The third-order valence-electron chi connectivity index (χ3n) is 4.65. The SMILES string of the molecule is C=C(C)S(=O)(=O)Cc1cc(F)ccc1Nc1nc(Nc2cc(C(C)=O)ncc2C)ncc1Cl. The summed E-state index contributed by atoms with van der Waals surface area (Å²) in [6, 6.07) is 5.30. The smallest absolute Gasteiger partial charge is 0.229 e. The van der Waals surface area contributed by atoms with Crippen molar-refractivity contribution in [2.45, 2.75) is 26.5 Å². The lowest BCUT2D eigenvalue weighted by Gasteiger charge is -2.14. The fourth-order valence-electron chi connectivity index (χ4n) is 2.75. The fourth-order valence-corrected chi connectivity index (χ4v) is 3.78. The number of aromatic nitrogens is 3. The summed E-state index contributed by atoms with van der Waals surface area (Å²) >= 11 is 6.24. The second-order valence-corrected chi connectivity index (χ2v) is 9.97. The number of Topliss-reactive ketones (excluding diaryl/α,β-unsaturated/α-hetero) is 1. The van der Waals surface area contributed by atoms with E-state index in [2.05, 4.69) is 32.2 Å². The van der Waals surface area contributed by atoms with Crippen molar-refractivity contribution in [3.63, 3.8) is 0 Å². The number of nitrogens with zero attached hydrogens (tertiary/aromatic N) is 3. The molecule has 0 unspecified atom stereocenters. The van der Waals surface area contributed by atoms with Gasteiger partial charge in [-0.3, -0.25) is 9.78 Å². The quantitative estimate of drug-likeness (QED) is 0.419. The number of hydrogen-bond acceptors (Lipinski definition) is 8. The Bertz CT molecular complexity index is 1360. The van der Waals surface area contributed by atoms with E-state index in [4.69, 9.17) is 11.6 Å². The zero-order valence-corrected chi connectivity index (χ0v) is 19.7. The summed E-state index contributed by atoms with van der Waals surface area (Å²) in [5.41, 5.74) is 2.13. The zero-order valence-electron chi connectivity index (χ0n) is 18.1. The number of hydrogen-bond donors (Lipinski definition) is 2. The number of ketones is 1. The van der Waals surface area contributed by atoms with Gasteiger partial charge in [0, 0.05) is 29.4 Å². The van der Waals surface area contributed by atoms with E-state index in [1.54, 1.807) is 19.2 Å². The van der Waals surface area contributed by atoms with Crippen molar-refractivity contribution in [1.29, 1.82) is 0 Å². The Labute approximate surface area is 195 Å². The number of sulfone groups is 1. The maximum absolute atomic E-state index is 13.8. The molecule has 0 spiro atoms. The molecule has 2 heterocycles. The average Bonchev–Trinajstić information content (AvgIpc) is 2.73. The van der Waals surface area contributed by atoms with Crippen LogP contribution in [-0.4, -0.2) is 29.2 Å². The van der Waals surface area contributed by atoms with Crippen LogP contribution in [0.15, 0.2) is 48.1 Å². The Morgan fingerprint density at radius 1 is 1.12 bits per heavy atom. The Hall–Kier alpha value is -3.37. The second-order valence-electron chi connectivity index (χ2n) is 7.34. The first-order chi connectivity index (χ1) is 15.5. The van der Waals surface area contributed by atoms with Crippen LogP contribution in [0.1, 0.15) is 35.5 Å². The molecule has 2 aromatic heterocycles. The van der Waals surface area contributed by atoms with Crippen molar-refractivity contribution in [1.82, 2.24) is 15.0 Å². The van der Waals surface area contributed by atoms with Crippen molar-refractivity contribution in [3.05, 3.63) is 75.8 Å². The summed E-state index contributed by atoms with van der Waals surface area (Å²) < 4.78 is 38.5. The van der Waals surface area contributed by atoms with Crippen LogP contribution in [-0.2, 0) is 15.6 Å². The number of halogens is 2. The molecule has 2 N–H and O–H groups in total. The van der Waals surface area contributed by atoms with Crippen LogP contribution in [0.5, 0.6) is 0 Å². The molecule has 33 heavy (non-hydrogen) atoms. The lowest BCUT2D eigenvalue weighted by molar-refractivity contribution is 0.101. The number of aryl methyl sites for hydroxylation is 1. The predicted octanol–water partition coefficient (Wildman–Crippen LogP) is 5.11. The molecule has 172 valence electrons. The first kappa shape index (κ1) is 24.3. The molecule has 0 amide bonds. The van der Waals surface area contributed by atoms with Crippen LogP contribution in [0.3, 0.4) is 0 Å². The third-order valence-corrected chi connectivity index (χ3v) is 6.68. The van der Waals surface area contributed by atoms with Gasteiger partial charge in [0.15, 0.2) is 21.4 Å². The summed E-state index contributed by atoms with van der Waals surface area (Å²) in [7, 11) is -3.67. The molecule has 0 bridgehead atoms. The highest BCUT2D eigenvalue weighted by Gasteiger charge is 2.18. The molecule has 0 saturated carbocycles. The molecular formula is C22H21ClFN5O3S. The molecular weight excluding hydrogens is 469 g/mol. The summed E-state index contributed by atoms with van der Waals surface area (Å²) in [5, 5.41) is 6.13. The van der Waals surface area contributed by atoms with Gasteiger partial charge in [0.2, 0.25) is 5.95 Å². The second kappa shape index (κ2) is 9.63. The predicted molar refractivity (Wildman–Crippen MR) is 126 cm³/mol. The van der Waals surface area contributed by atoms with Crippen LogP contribution in [0.25, 0.3) is 0 Å². The molecule has 11 heteroatoms. The molecule has 0 atom stereocenters. The molecule has 0 aliphatic rings. The molecule has 1 aromatic carbocycles. The van der Waals surface area contributed by atoms with E-state index in [1.165, 1.54) is 32.2 Å². The maximum Gasteiger partial charge on any atom is 0.229 e. The standard InChI is InChI=1S/C22H21ClFN5O3S/c1-12(2)33(31,32)11-15-7-16(24)5-6-18(15)27-21-17(23)10-26-22(29-21)28-19-8-20(14(4)30)25-9-13(19)3/h5-10H,1,11H2,2-4H3,(H2,25,26,27,28,29). The summed E-state index contributed by atoms with van der Waals surface area (Å²) in [6.45, 7) is 8.07. The van der Waals surface area contributed by atoms with E-state index >= 15 is 0 Å². The van der Waals surface area contributed by atoms with E-state index < -0.39 is 21.4 Å². The van der Waals surface area contributed by atoms with Crippen LogP contribution >= 0.6 is 11.6 Å². The van der Waals surface area contributed by atoms with Gasteiger partial charge in [-0.05, 0) is 49.2 Å². The van der Waals surface area contributed by atoms with E-state index in [1.807, 2.05) is 0 Å². The summed E-state index contributed by atoms with van der Waals surface area (Å²) in [5.74, 6) is -0.874. The normalized spacial score (nSPS) is 11.2. The van der Waals surface area contributed by atoms with Gasteiger partial charge < -0.3 is 10.6 Å². The largest absolute Gasteiger partial charge is 0.339 e. The third kappa shape index (κ3) is 5.91. The number of carbonyl (C=O) groups is 1. The Kier molecular flexibility index (Phi) is 7.09. The van der Waals surface area contributed by atoms with Gasteiger partial charge in [-0.25, -0.2) is 17.8 Å². The molecule has 0 aliphatic carbocycles. The van der Waals surface area contributed by atoms with Crippen molar-refractivity contribution in [2.75, 3.05) is 10.6 Å². The van der Waals surface area contributed by atoms with Crippen LogP contribution < -0.4 is 10.6 Å². The van der Waals surface area contributed by atoms with Gasteiger partial charge in [-0.2, -0.15) is 4.98 Å². The van der Waals surface area contributed by atoms with Gasteiger partial charge in [0.25, 0.3) is 0 Å². The van der Waals surface area contributed by atoms with Crippen molar-refractivity contribution in [2.24, 2.45) is 0 Å². The fraction of sp³-hybridized carbons (Fsp3) is 0.182. The van der Waals surface area contributed by atoms with Gasteiger partial charge in [-0.15, -0.1) is 0 Å². The Morgan fingerprint density at radius 3 is 2.52 bits per heavy atom. The number of carbonyl (C=O) groups excluding carboxylic acids is 1. The minimum atomic E-state index is -3.67. The lowest BCUT2D eigenvalue weighted by Crippen LogP contribution is -2.08. The Morgan fingerprint density at radius 2 is 1.85 bits per heavy atom. The average molecular weight is 490 g/mol. The first-order valence-electron chi connectivity index (χ1n) is 9.67. The number of anilines is 4. The van der Waals surface area contributed by atoms with Crippen molar-refractivity contribution in [3.8, 4) is 0 Å². The van der Waals surface area contributed by atoms with Gasteiger partial charge >= 0.3 is 0 Å². The van der Waals surface area contributed by atoms with Crippen LogP contribution in [0.2, 0.25) is 5.02 Å². The summed E-state index contributed by atoms with van der Waals surface area (Å²) in [6.07, 6.45) is 2.91. The minimum absolute atomic E-state index is 0.0260. The number of allylic oxidation sites excluding steroid dienone is 1. The highest BCUT2D eigenvalue weighted by Crippen LogP contribution is 2.29. The highest BCUT2D eigenvalue weighted by molar-refractivity contribution is 7.94. The van der Waals surface area contributed by atoms with Crippen molar-refractivity contribution < 1.29 is 17.6 Å². The van der Waals surface area contributed by atoms with E-state index in [9.17, 15) is 17.6 Å². The lowest BCUT2D eigenvalue weighted by atomic mass is 10.2. The molecule has 0 aliphatic heterocycles. The summed E-state index contributed by atoms with van der Waals surface area (Å²) in [4.78, 5) is 24.2. The number of pyridine rings is 1. The number of benzene rings is 1. The highest BCUT2D eigenvalue weighted by atomic mass is 35.5. The van der Waals surface area contributed by atoms with Gasteiger partial charge in [0.1, 0.15) is 16.5 Å². The first-order valence-corrected chi connectivity index (χ1v) is 11.7. The molecule has 0 radical (unpaired) electrons. The Balaban J connectivity index is 1.94. The monoisotopic (exact) mass is 489 g/mol. The topological polar surface area (TPSA) is 114 Å². The zero-order chi connectivity index (χ0) is 24.3. The van der Waals surface area contributed by atoms with Gasteiger partial charge in [0.05, 0.1) is 11.9 Å². The van der Waals surface area contributed by atoms with E-state index in [0.717, 1.165) is 11.6 Å². The van der Waals surface area contributed by atoms with E-state index in [-0.39, 0.29) is 38.7 Å². The van der Waals surface area contributed by atoms with Crippen molar-refractivity contribution >= 4 is 50.4 Å². The molecule has 0 fully saturated rings. The van der Waals surface area contributed by atoms with Crippen LogP contribution in [0, 0.1) is 12.7 Å². The number of rotatable bonds is 8. The number of nitrogens with one attached hydrogen (secondary N) is 2. The van der Waals surface area contributed by atoms with Crippen LogP contribution in [0.4, 0.5) is 27.5 Å². The molecule has 3 rings (SSSR count).